The molecule has 2 nitrogen and oxygen atoms in total. The Labute approximate surface area is 110 Å². The summed E-state index contributed by atoms with van der Waals surface area (Å²) in [6.07, 6.45) is 9.10. The molecule has 2 fully saturated rings. The van der Waals surface area contributed by atoms with E-state index in [1.165, 1.54) is 42.3 Å². The summed E-state index contributed by atoms with van der Waals surface area (Å²) in [6.45, 7) is 1.25. The first-order chi connectivity index (χ1) is 8.70. The number of rotatable bonds is 3. The Morgan fingerprint density at radius 1 is 1.17 bits per heavy atom. The quantitative estimate of drug-likeness (QED) is 0.642. The van der Waals surface area contributed by atoms with Gasteiger partial charge in [-0.3, -0.25) is 0 Å². The van der Waals surface area contributed by atoms with Gasteiger partial charge in [-0.15, -0.1) is 0 Å². The van der Waals surface area contributed by atoms with Crippen LogP contribution in [0.1, 0.15) is 31.2 Å². The molecule has 1 aromatic rings. The number of likely N-dealkylation sites (N-methyl/N-ethyl adjacent to an activating group) is 1. The van der Waals surface area contributed by atoms with Gasteiger partial charge in [-0.2, -0.15) is 0 Å². The Morgan fingerprint density at radius 3 is 2.50 bits per heavy atom. The van der Waals surface area contributed by atoms with E-state index in [1.54, 1.807) is 0 Å². The first kappa shape index (κ1) is 12.0. The molecular formula is C16H24N2+. The maximum atomic E-state index is 6.05. The van der Waals surface area contributed by atoms with Crippen molar-refractivity contribution in [2.75, 3.05) is 19.3 Å². The smallest absolute Gasteiger partial charge is 0.0895 e. The van der Waals surface area contributed by atoms with Crippen molar-refractivity contribution in [3.8, 4) is 0 Å². The van der Waals surface area contributed by atoms with E-state index in [2.05, 4.69) is 25.6 Å². The fourth-order valence-electron chi connectivity index (χ4n) is 3.96. The molecule has 0 aromatic heterocycles. The Kier molecular flexibility index (Phi) is 3.06. The molecule has 0 amide bonds. The summed E-state index contributed by atoms with van der Waals surface area (Å²) in [7, 11) is 2.47. The number of para-hydroxylation sites is 1. The molecule has 2 saturated heterocycles. The summed E-state index contributed by atoms with van der Waals surface area (Å²) in [5, 5.41) is 0. The summed E-state index contributed by atoms with van der Waals surface area (Å²) >= 11 is 0. The number of fused-ring (bicyclic) bond motifs is 2. The van der Waals surface area contributed by atoms with E-state index < -0.39 is 0 Å². The average Bonchev–Trinajstić information content (AvgIpc) is 2.58. The molecule has 0 spiro atoms. The predicted octanol–water partition coefficient (Wildman–Crippen LogP) is 2.79. The molecule has 2 atom stereocenters. The van der Waals surface area contributed by atoms with Crippen LogP contribution in [0.25, 0.3) is 0 Å². The minimum Gasteiger partial charge on any atom is -0.399 e. The van der Waals surface area contributed by atoms with Crippen LogP contribution in [0, 0.1) is 6.42 Å². The summed E-state index contributed by atoms with van der Waals surface area (Å²) < 4.78 is 1.28. The van der Waals surface area contributed by atoms with Crippen LogP contribution in [0.2, 0.25) is 0 Å². The van der Waals surface area contributed by atoms with Crippen LogP contribution in [0.3, 0.4) is 0 Å². The van der Waals surface area contributed by atoms with Crippen molar-refractivity contribution in [3.05, 3.63) is 36.2 Å². The standard InChI is InChI=1S/C16H24N2/c1-18(14-6-4-7-15(18)10-9-14)12-11-13-5-2-3-8-16(13)17/h2-5,8,14-15H,6-7,9-12,17H2,1H3/q+1. The van der Waals surface area contributed by atoms with Crippen LogP contribution in [0.15, 0.2) is 24.3 Å². The molecule has 2 N–H and O–H groups in total. The molecule has 2 heteroatoms. The summed E-state index contributed by atoms with van der Waals surface area (Å²) in [6, 6.07) is 10.1. The molecule has 1 aromatic carbocycles. The second-order valence-electron chi connectivity index (χ2n) is 6.16. The van der Waals surface area contributed by atoms with Crippen LogP contribution >= 0.6 is 0 Å². The maximum absolute atomic E-state index is 6.05. The third-order valence-electron chi connectivity index (χ3n) is 5.30. The van der Waals surface area contributed by atoms with E-state index >= 15 is 0 Å². The van der Waals surface area contributed by atoms with Gasteiger partial charge in [0.05, 0.1) is 25.7 Å². The van der Waals surface area contributed by atoms with Gasteiger partial charge in [0, 0.05) is 37.8 Å². The third kappa shape index (κ3) is 1.93. The highest BCUT2D eigenvalue weighted by molar-refractivity contribution is 5.46. The van der Waals surface area contributed by atoms with Crippen molar-refractivity contribution < 1.29 is 4.48 Å². The number of hydrogen-bond acceptors (Lipinski definition) is 1. The first-order valence-electron chi connectivity index (χ1n) is 7.20. The lowest BCUT2D eigenvalue weighted by Gasteiger charge is -2.45. The van der Waals surface area contributed by atoms with E-state index in [0.717, 1.165) is 24.2 Å². The van der Waals surface area contributed by atoms with E-state index in [0.29, 0.717) is 0 Å². The van der Waals surface area contributed by atoms with Crippen LogP contribution in [-0.4, -0.2) is 30.2 Å². The summed E-state index contributed by atoms with van der Waals surface area (Å²) in [4.78, 5) is 0. The highest BCUT2D eigenvalue weighted by Crippen LogP contribution is 2.40. The minimum atomic E-state index is 0.869. The molecular weight excluding hydrogens is 220 g/mol. The Morgan fingerprint density at radius 2 is 1.83 bits per heavy atom. The van der Waals surface area contributed by atoms with Gasteiger partial charge in [-0.25, -0.2) is 0 Å². The minimum absolute atomic E-state index is 0.869. The number of quaternary nitrogens is 1. The van der Waals surface area contributed by atoms with Crippen molar-refractivity contribution in [1.29, 1.82) is 0 Å². The molecule has 97 valence electrons. The zero-order valence-corrected chi connectivity index (χ0v) is 11.3. The van der Waals surface area contributed by atoms with E-state index in [9.17, 15) is 0 Å². The van der Waals surface area contributed by atoms with E-state index in [-0.39, 0.29) is 0 Å². The van der Waals surface area contributed by atoms with Gasteiger partial charge in [0.15, 0.2) is 0 Å². The maximum Gasteiger partial charge on any atom is 0.0895 e. The van der Waals surface area contributed by atoms with Gasteiger partial charge in [-0.1, -0.05) is 18.2 Å². The normalized spacial score (nSPS) is 34.7. The second-order valence-corrected chi connectivity index (χ2v) is 6.16. The van der Waals surface area contributed by atoms with Crippen LogP contribution in [0.4, 0.5) is 5.69 Å². The lowest BCUT2D eigenvalue weighted by Crippen LogP contribution is -2.56. The molecule has 0 aliphatic carbocycles. The second kappa shape index (κ2) is 4.58. The van der Waals surface area contributed by atoms with Gasteiger partial charge < -0.3 is 10.2 Å². The molecule has 18 heavy (non-hydrogen) atoms. The highest BCUT2D eigenvalue weighted by Gasteiger charge is 2.47. The van der Waals surface area contributed by atoms with E-state index in [4.69, 9.17) is 5.73 Å². The van der Waals surface area contributed by atoms with Crippen LogP contribution in [0.5, 0.6) is 0 Å². The fraction of sp³-hybridized carbons (Fsp3) is 0.562. The highest BCUT2D eigenvalue weighted by atomic mass is 15.4. The Balaban J connectivity index is 1.71. The SMILES string of the molecule is C[N+]1(CCc2ccccc2N)C2C[CH]CC1CC2. The zero-order chi connectivity index (χ0) is 12.6. The number of anilines is 1. The average molecular weight is 244 g/mol. The Hall–Kier alpha value is -1.02. The largest absolute Gasteiger partial charge is 0.399 e. The molecule has 2 bridgehead atoms. The van der Waals surface area contributed by atoms with Crippen LogP contribution in [-0.2, 0) is 6.42 Å². The molecule has 2 aliphatic rings. The van der Waals surface area contributed by atoms with Gasteiger partial charge in [0.1, 0.15) is 0 Å². The van der Waals surface area contributed by atoms with Crippen molar-refractivity contribution in [2.45, 2.75) is 44.2 Å². The zero-order valence-electron chi connectivity index (χ0n) is 11.3. The molecule has 2 heterocycles. The number of nitrogens with two attached hydrogens (primary N) is 1. The predicted molar refractivity (Wildman–Crippen MR) is 76.0 cm³/mol. The molecule has 2 unspecified atom stereocenters. The molecule has 0 saturated carbocycles. The number of benzene rings is 1. The summed E-state index contributed by atoms with van der Waals surface area (Å²) in [5.74, 6) is 0. The molecule has 3 rings (SSSR count). The monoisotopic (exact) mass is 244 g/mol. The number of piperidine rings is 1. The number of nitrogen functional groups attached to an aromatic ring is 1. The lowest BCUT2D eigenvalue weighted by molar-refractivity contribution is -0.946. The molecule has 1 radical (unpaired) electrons. The van der Waals surface area contributed by atoms with Crippen molar-refractivity contribution in [1.82, 2.24) is 0 Å². The topological polar surface area (TPSA) is 26.0 Å². The number of hydrogen-bond donors (Lipinski definition) is 1. The van der Waals surface area contributed by atoms with Gasteiger partial charge in [-0.05, 0) is 18.1 Å². The number of nitrogens with zero attached hydrogens (tertiary/aromatic N) is 1. The van der Waals surface area contributed by atoms with Crippen molar-refractivity contribution in [3.63, 3.8) is 0 Å². The van der Waals surface area contributed by atoms with Crippen LogP contribution < -0.4 is 5.73 Å². The third-order valence-corrected chi connectivity index (χ3v) is 5.30. The van der Waals surface area contributed by atoms with Crippen molar-refractivity contribution in [2.24, 2.45) is 0 Å². The molecule has 2 aliphatic heterocycles. The first-order valence-corrected chi connectivity index (χ1v) is 7.20. The van der Waals surface area contributed by atoms with Gasteiger partial charge >= 0.3 is 0 Å². The van der Waals surface area contributed by atoms with E-state index in [1.807, 2.05) is 12.1 Å². The Bertz CT molecular complexity index is 411. The van der Waals surface area contributed by atoms with Crippen molar-refractivity contribution >= 4 is 5.69 Å². The fourth-order valence-corrected chi connectivity index (χ4v) is 3.96. The van der Waals surface area contributed by atoms with Gasteiger partial charge in [0.2, 0.25) is 0 Å². The summed E-state index contributed by atoms with van der Waals surface area (Å²) in [5.41, 5.74) is 8.33. The lowest BCUT2D eigenvalue weighted by atomic mass is 9.98. The van der Waals surface area contributed by atoms with Gasteiger partial charge in [0.25, 0.3) is 0 Å².